The fourth-order valence-corrected chi connectivity index (χ4v) is 0.917. The minimum atomic E-state index is -0.537. The third-order valence-corrected chi connectivity index (χ3v) is 1.65. The third-order valence-electron chi connectivity index (χ3n) is 1.65. The normalized spacial score (nSPS) is 9.50. The number of ether oxygens (including phenoxy) is 1. The fourth-order valence-electron chi connectivity index (χ4n) is 0.917. The minimum Gasteiger partial charge on any atom is -0.508 e. The van der Waals surface area contributed by atoms with E-state index in [1.165, 1.54) is 12.1 Å². The van der Waals surface area contributed by atoms with Crippen molar-refractivity contribution in [3.63, 3.8) is 0 Å². The van der Waals surface area contributed by atoms with Crippen molar-refractivity contribution < 1.29 is 19.5 Å². The Hall–Kier alpha value is -2.01. The zero-order valence-corrected chi connectivity index (χ0v) is 8.68. The number of hydrogen-bond acceptors (Lipinski definition) is 5. The number of phenolic OH excluding ortho intramolecular Hbond substituents is 1. The summed E-state index contributed by atoms with van der Waals surface area (Å²) in [6, 6.07) is 6.34. The molecule has 5 heteroatoms. The molecule has 0 aliphatic heterocycles. The van der Waals surface area contributed by atoms with Crippen molar-refractivity contribution in [2.75, 3.05) is 13.2 Å². The van der Waals surface area contributed by atoms with Crippen molar-refractivity contribution in [2.24, 2.45) is 0 Å². The lowest BCUT2D eigenvalue weighted by atomic mass is 10.3. The predicted octanol–water partition coefficient (Wildman–Crippen LogP) is 1.00. The van der Waals surface area contributed by atoms with Gasteiger partial charge in [0.2, 0.25) is 0 Å². The first-order chi connectivity index (χ1) is 7.72. The van der Waals surface area contributed by atoms with Crippen molar-refractivity contribution in [2.45, 2.75) is 0 Å². The van der Waals surface area contributed by atoms with E-state index in [1.54, 1.807) is 12.1 Å². The van der Waals surface area contributed by atoms with Crippen LogP contribution in [0.3, 0.4) is 0 Å². The quantitative estimate of drug-likeness (QED) is 0.428. The molecule has 1 aromatic rings. The van der Waals surface area contributed by atoms with Gasteiger partial charge in [0.05, 0.1) is 6.54 Å². The number of rotatable bonds is 6. The second-order valence-electron chi connectivity index (χ2n) is 2.86. The van der Waals surface area contributed by atoms with Gasteiger partial charge in [-0.2, -0.15) is 0 Å². The molecule has 16 heavy (non-hydrogen) atoms. The van der Waals surface area contributed by atoms with Gasteiger partial charge in [0.25, 0.3) is 0 Å². The Morgan fingerprint density at radius 2 is 2.12 bits per heavy atom. The molecule has 1 aromatic carbocycles. The molecule has 5 nitrogen and oxygen atoms in total. The molecular formula is C11H13NO4. The molecule has 0 saturated carbocycles. The van der Waals surface area contributed by atoms with Crippen LogP contribution in [-0.2, 0) is 9.63 Å². The molecule has 0 spiro atoms. The minimum absolute atomic E-state index is 0.186. The first kappa shape index (κ1) is 12.1. The first-order valence-electron chi connectivity index (χ1n) is 4.70. The van der Waals surface area contributed by atoms with Crippen molar-refractivity contribution in [1.82, 2.24) is 5.48 Å². The van der Waals surface area contributed by atoms with Gasteiger partial charge in [-0.15, -0.1) is 5.48 Å². The standard InChI is InChI=1S/C11H13NO4/c1-2-11(14)16-12-7-8-15-10-5-3-9(13)4-6-10/h2-6,12-13H,1,7-8H2. The van der Waals surface area contributed by atoms with Crippen molar-refractivity contribution in [3.05, 3.63) is 36.9 Å². The smallest absolute Gasteiger partial charge is 0.348 e. The van der Waals surface area contributed by atoms with Gasteiger partial charge in [-0.1, -0.05) is 6.58 Å². The van der Waals surface area contributed by atoms with Crippen molar-refractivity contribution >= 4 is 5.97 Å². The van der Waals surface area contributed by atoms with Gasteiger partial charge in [-0.05, 0) is 24.3 Å². The zero-order chi connectivity index (χ0) is 11.8. The van der Waals surface area contributed by atoms with Crippen LogP contribution in [0.25, 0.3) is 0 Å². The summed E-state index contributed by atoms with van der Waals surface area (Å²) >= 11 is 0. The Morgan fingerprint density at radius 3 is 2.75 bits per heavy atom. The Balaban J connectivity index is 2.14. The van der Waals surface area contributed by atoms with Gasteiger partial charge in [-0.3, -0.25) is 0 Å². The van der Waals surface area contributed by atoms with Crippen LogP contribution in [0.15, 0.2) is 36.9 Å². The Morgan fingerprint density at radius 1 is 1.44 bits per heavy atom. The topological polar surface area (TPSA) is 67.8 Å². The van der Waals surface area contributed by atoms with Crippen LogP contribution >= 0.6 is 0 Å². The van der Waals surface area contributed by atoms with E-state index in [0.29, 0.717) is 18.9 Å². The summed E-state index contributed by atoms with van der Waals surface area (Å²) in [6.07, 6.45) is 1.06. The summed E-state index contributed by atoms with van der Waals surface area (Å²) in [5.41, 5.74) is 2.42. The van der Waals surface area contributed by atoms with Crippen LogP contribution in [0.5, 0.6) is 11.5 Å². The van der Waals surface area contributed by atoms with Gasteiger partial charge in [0.15, 0.2) is 0 Å². The Kier molecular flexibility index (Phi) is 4.88. The zero-order valence-electron chi connectivity index (χ0n) is 8.68. The number of nitrogens with one attached hydrogen (secondary N) is 1. The molecule has 2 N–H and O–H groups in total. The van der Waals surface area contributed by atoms with Crippen molar-refractivity contribution in [3.8, 4) is 11.5 Å². The van der Waals surface area contributed by atoms with E-state index in [-0.39, 0.29) is 5.75 Å². The molecule has 0 fully saturated rings. The number of benzene rings is 1. The maximum Gasteiger partial charge on any atom is 0.348 e. The van der Waals surface area contributed by atoms with Crippen LogP contribution in [0.1, 0.15) is 0 Å². The Labute approximate surface area is 93.3 Å². The molecule has 1 rings (SSSR count). The number of phenols is 1. The Bertz CT molecular complexity index is 348. The van der Waals surface area contributed by atoms with E-state index in [2.05, 4.69) is 16.9 Å². The highest BCUT2D eigenvalue weighted by Crippen LogP contribution is 2.15. The molecule has 0 radical (unpaired) electrons. The molecule has 0 bridgehead atoms. The molecule has 0 aliphatic rings. The molecule has 0 aliphatic carbocycles. The van der Waals surface area contributed by atoms with E-state index in [9.17, 15) is 4.79 Å². The highest BCUT2D eigenvalue weighted by atomic mass is 16.7. The first-order valence-corrected chi connectivity index (χ1v) is 4.70. The number of carbonyl (C=O) groups excluding carboxylic acids is 1. The van der Waals surface area contributed by atoms with E-state index in [4.69, 9.17) is 9.84 Å². The van der Waals surface area contributed by atoms with Crippen molar-refractivity contribution in [1.29, 1.82) is 0 Å². The summed E-state index contributed by atoms with van der Waals surface area (Å²) in [5, 5.41) is 9.02. The van der Waals surface area contributed by atoms with E-state index < -0.39 is 5.97 Å². The van der Waals surface area contributed by atoms with Crippen LogP contribution in [0, 0.1) is 0 Å². The lowest BCUT2D eigenvalue weighted by Gasteiger charge is -2.06. The molecule has 0 amide bonds. The van der Waals surface area contributed by atoms with Crippen LogP contribution in [0.4, 0.5) is 0 Å². The van der Waals surface area contributed by atoms with Gasteiger partial charge in [0, 0.05) is 6.08 Å². The lowest BCUT2D eigenvalue weighted by molar-refractivity contribution is -0.145. The summed E-state index contributed by atoms with van der Waals surface area (Å²) in [5.74, 6) is 0.282. The largest absolute Gasteiger partial charge is 0.508 e. The highest BCUT2D eigenvalue weighted by Gasteiger charge is 1.96. The van der Waals surface area contributed by atoms with Gasteiger partial charge in [0.1, 0.15) is 18.1 Å². The summed E-state index contributed by atoms with van der Waals surface area (Å²) < 4.78 is 5.29. The van der Waals surface area contributed by atoms with Gasteiger partial charge >= 0.3 is 5.97 Å². The van der Waals surface area contributed by atoms with Crippen LogP contribution in [0.2, 0.25) is 0 Å². The van der Waals surface area contributed by atoms with E-state index in [0.717, 1.165) is 6.08 Å². The van der Waals surface area contributed by atoms with E-state index >= 15 is 0 Å². The number of aromatic hydroxyl groups is 1. The number of hydrogen-bond donors (Lipinski definition) is 2. The third kappa shape index (κ3) is 4.47. The molecular weight excluding hydrogens is 210 g/mol. The molecule has 86 valence electrons. The van der Waals surface area contributed by atoms with E-state index in [1.807, 2.05) is 0 Å². The molecule has 0 saturated heterocycles. The maximum atomic E-state index is 10.6. The predicted molar refractivity (Wildman–Crippen MR) is 57.9 cm³/mol. The average Bonchev–Trinajstić information content (AvgIpc) is 2.31. The summed E-state index contributed by atoms with van der Waals surface area (Å²) in [4.78, 5) is 15.1. The average molecular weight is 223 g/mol. The fraction of sp³-hybridized carbons (Fsp3) is 0.182. The van der Waals surface area contributed by atoms with Gasteiger partial charge in [-0.25, -0.2) is 4.79 Å². The molecule has 0 heterocycles. The van der Waals surface area contributed by atoms with Crippen LogP contribution in [-0.4, -0.2) is 24.2 Å². The monoisotopic (exact) mass is 223 g/mol. The molecule has 0 unspecified atom stereocenters. The second-order valence-corrected chi connectivity index (χ2v) is 2.86. The van der Waals surface area contributed by atoms with Gasteiger partial charge < -0.3 is 14.7 Å². The number of hydroxylamine groups is 1. The highest BCUT2D eigenvalue weighted by molar-refractivity contribution is 5.80. The van der Waals surface area contributed by atoms with Crippen LogP contribution < -0.4 is 10.2 Å². The number of carbonyl (C=O) groups is 1. The maximum absolute atomic E-state index is 10.6. The second kappa shape index (κ2) is 6.47. The molecule has 0 aromatic heterocycles. The SMILES string of the molecule is C=CC(=O)ONCCOc1ccc(O)cc1. The summed E-state index contributed by atoms with van der Waals surface area (Å²) in [7, 11) is 0. The lowest BCUT2D eigenvalue weighted by Crippen LogP contribution is -2.23. The molecule has 0 atom stereocenters. The summed E-state index contributed by atoms with van der Waals surface area (Å²) in [6.45, 7) is 3.95.